The molecule has 0 unspecified atom stereocenters. The number of aromatic nitrogens is 2. The maximum Gasteiger partial charge on any atom is 0.138 e. The minimum Gasteiger partial charge on any atom is -0.383 e. The van der Waals surface area contributed by atoms with Crippen LogP contribution in [0.15, 0.2) is 12.4 Å². The lowest BCUT2D eigenvalue weighted by Crippen LogP contribution is -2.08. The van der Waals surface area contributed by atoms with E-state index >= 15 is 0 Å². The Bertz CT molecular complexity index is 469. The van der Waals surface area contributed by atoms with E-state index < -0.39 is 0 Å². The molecule has 16 heavy (non-hydrogen) atoms. The van der Waals surface area contributed by atoms with Crippen molar-refractivity contribution in [3.8, 4) is 0 Å². The average molecular weight is 237 g/mol. The summed E-state index contributed by atoms with van der Waals surface area (Å²) >= 11 is 1.73. The smallest absolute Gasteiger partial charge is 0.138 e. The Balaban J connectivity index is 2.26. The molecular formula is C11H15N3OS. The average Bonchev–Trinajstić information content (AvgIpc) is 2.73. The second-order valence-corrected chi connectivity index (χ2v) is 4.54. The number of hydrogen-bond acceptors (Lipinski definition) is 5. The molecule has 0 saturated carbocycles. The van der Waals surface area contributed by atoms with Crippen molar-refractivity contribution < 1.29 is 4.74 Å². The Labute approximate surface area is 98.7 Å². The number of methoxy groups -OCH3 is 1. The molecule has 2 aromatic heterocycles. The minimum atomic E-state index is 0.677. The first kappa shape index (κ1) is 11.3. The van der Waals surface area contributed by atoms with Gasteiger partial charge in [0, 0.05) is 18.5 Å². The molecule has 1 N–H and O–H groups in total. The van der Waals surface area contributed by atoms with Gasteiger partial charge in [0.1, 0.15) is 17.0 Å². The Morgan fingerprint density at radius 1 is 1.44 bits per heavy atom. The molecule has 86 valence electrons. The summed E-state index contributed by atoms with van der Waals surface area (Å²) < 4.78 is 5.00. The van der Waals surface area contributed by atoms with Crippen LogP contribution in [0.5, 0.6) is 0 Å². The van der Waals surface area contributed by atoms with Crippen LogP contribution in [0.4, 0.5) is 5.82 Å². The van der Waals surface area contributed by atoms with E-state index in [4.69, 9.17) is 4.74 Å². The number of fused-ring (bicyclic) bond motifs is 1. The lowest BCUT2D eigenvalue weighted by Gasteiger charge is -2.04. The zero-order chi connectivity index (χ0) is 11.4. The third kappa shape index (κ3) is 2.31. The highest BCUT2D eigenvalue weighted by atomic mass is 32.1. The third-order valence-corrected chi connectivity index (χ3v) is 3.51. The highest BCUT2D eigenvalue weighted by molar-refractivity contribution is 7.18. The predicted molar refractivity (Wildman–Crippen MR) is 67.2 cm³/mol. The molecule has 2 rings (SSSR count). The van der Waals surface area contributed by atoms with Gasteiger partial charge in [-0.1, -0.05) is 6.92 Å². The number of anilines is 1. The third-order valence-electron chi connectivity index (χ3n) is 2.33. The quantitative estimate of drug-likeness (QED) is 0.811. The summed E-state index contributed by atoms with van der Waals surface area (Å²) in [5.41, 5.74) is 0. The van der Waals surface area contributed by atoms with Crippen molar-refractivity contribution in [3.63, 3.8) is 0 Å². The van der Waals surface area contributed by atoms with Crippen LogP contribution in [0.25, 0.3) is 10.2 Å². The monoisotopic (exact) mass is 237 g/mol. The molecule has 0 aliphatic heterocycles. The molecule has 5 heteroatoms. The Morgan fingerprint density at radius 3 is 3.06 bits per heavy atom. The van der Waals surface area contributed by atoms with Crippen LogP contribution in [0.3, 0.4) is 0 Å². The van der Waals surface area contributed by atoms with Crippen LogP contribution in [-0.4, -0.2) is 30.2 Å². The Kier molecular flexibility index (Phi) is 3.69. The van der Waals surface area contributed by atoms with Gasteiger partial charge < -0.3 is 10.1 Å². The number of nitrogens with one attached hydrogen (secondary N) is 1. The van der Waals surface area contributed by atoms with Crippen LogP contribution in [0.2, 0.25) is 0 Å². The summed E-state index contributed by atoms with van der Waals surface area (Å²) in [7, 11) is 1.69. The summed E-state index contributed by atoms with van der Waals surface area (Å²) in [6.45, 7) is 3.59. The Morgan fingerprint density at radius 2 is 2.31 bits per heavy atom. The highest BCUT2D eigenvalue weighted by Crippen LogP contribution is 2.28. The molecular weight excluding hydrogens is 222 g/mol. The summed E-state index contributed by atoms with van der Waals surface area (Å²) in [5, 5.41) is 4.37. The van der Waals surface area contributed by atoms with Gasteiger partial charge in [0.05, 0.1) is 12.0 Å². The SMILES string of the molecule is CCc1cc2c(NCCOC)ncnc2s1. The number of aryl methyl sites for hydroxylation is 1. The van der Waals surface area contributed by atoms with Gasteiger partial charge in [0.25, 0.3) is 0 Å². The van der Waals surface area contributed by atoms with E-state index in [2.05, 4.69) is 28.3 Å². The van der Waals surface area contributed by atoms with Crippen LogP contribution in [0.1, 0.15) is 11.8 Å². The van der Waals surface area contributed by atoms with Crippen LogP contribution in [0, 0.1) is 0 Å². The fourth-order valence-corrected chi connectivity index (χ4v) is 2.43. The van der Waals surface area contributed by atoms with Crippen molar-refractivity contribution >= 4 is 27.4 Å². The maximum absolute atomic E-state index is 5.00. The second kappa shape index (κ2) is 5.23. The largest absolute Gasteiger partial charge is 0.383 e. The minimum absolute atomic E-state index is 0.677. The van der Waals surface area contributed by atoms with Crippen LogP contribution >= 0.6 is 11.3 Å². The second-order valence-electron chi connectivity index (χ2n) is 3.43. The van der Waals surface area contributed by atoms with E-state index in [0.29, 0.717) is 6.61 Å². The van der Waals surface area contributed by atoms with Gasteiger partial charge >= 0.3 is 0 Å². The number of hydrogen-bond donors (Lipinski definition) is 1. The van der Waals surface area contributed by atoms with E-state index in [1.54, 1.807) is 24.8 Å². The lowest BCUT2D eigenvalue weighted by atomic mass is 10.3. The summed E-state index contributed by atoms with van der Waals surface area (Å²) in [4.78, 5) is 10.9. The molecule has 0 aliphatic carbocycles. The molecule has 0 atom stereocenters. The first-order chi connectivity index (χ1) is 7.85. The summed E-state index contributed by atoms with van der Waals surface area (Å²) in [5.74, 6) is 0.901. The van der Waals surface area contributed by atoms with Gasteiger partial charge in [-0.3, -0.25) is 0 Å². The molecule has 2 heterocycles. The molecule has 0 amide bonds. The summed E-state index contributed by atoms with van der Waals surface area (Å²) in [6, 6.07) is 2.16. The molecule has 2 aromatic rings. The highest BCUT2D eigenvalue weighted by Gasteiger charge is 2.06. The first-order valence-electron chi connectivity index (χ1n) is 5.31. The van der Waals surface area contributed by atoms with E-state index in [9.17, 15) is 0 Å². The van der Waals surface area contributed by atoms with Crippen molar-refractivity contribution in [2.45, 2.75) is 13.3 Å². The molecule has 0 saturated heterocycles. The van der Waals surface area contributed by atoms with Crippen molar-refractivity contribution in [2.75, 3.05) is 25.6 Å². The maximum atomic E-state index is 5.00. The van der Waals surface area contributed by atoms with E-state index in [-0.39, 0.29) is 0 Å². The number of thiophene rings is 1. The van der Waals surface area contributed by atoms with E-state index in [1.807, 2.05) is 0 Å². The number of rotatable bonds is 5. The standard InChI is InChI=1S/C11H15N3OS/c1-3-8-6-9-10(12-4-5-15-2)13-7-14-11(9)16-8/h6-7H,3-5H2,1-2H3,(H,12,13,14). The van der Waals surface area contributed by atoms with Crippen LogP contribution < -0.4 is 5.32 Å². The molecule has 0 aromatic carbocycles. The number of ether oxygens (including phenoxy) is 1. The molecule has 0 spiro atoms. The molecule has 4 nitrogen and oxygen atoms in total. The van der Waals surface area contributed by atoms with Gasteiger partial charge in [-0.25, -0.2) is 9.97 Å². The molecule has 0 aliphatic rings. The molecule has 0 radical (unpaired) electrons. The van der Waals surface area contributed by atoms with Gasteiger partial charge in [-0.2, -0.15) is 0 Å². The van der Waals surface area contributed by atoms with Gasteiger partial charge in [-0.05, 0) is 12.5 Å². The van der Waals surface area contributed by atoms with Crippen molar-refractivity contribution in [1.29, 1.82) is 0 Å². The van der Waals surface area contributed by atoms with Crippen LogP contribution in [-0.2, 0) is 11.2 Å². The first-order valence-corrected chi connectivity index (χ1v) is 6.13. The van der Waals surface area contributed by atoms with Crippen molar-refractivity contribution in [1.82, 2.24) is 9.97 Å². The van der Waals surface area contributed by atoms with Gasteiger partial charge in [0.15, 0.2) is 0 Å². The molecule has 0 fully saturated rings. The number of nitrogens with zero attached hydrogens (tertiary/aromatic N) is 2. The lowest BCUT2D eigenvalue weighted by molar-refractivity contribution is 0.210. The topological polar surface area (TPSA) is 47.0 Å². The van der Waals surface area contributed by atoms with E-state index in [0.717, 1.165) is 29.0 Å². The Hall–Kier alpha value is -1.20. The summed E-state index contributed by atoms with van der Waals surface area (Å²) in [6.07, 6.45) is 2.64. The fraction of sp³-hybridized carbons (Fsp3) is 0.455. The zero-order valence-electron chi connectivity index (χ0n) is 9.49. The van der Waals surface area contributed by atoms with E-state index in [1.165, 1.54) is 4.88 Å². The van der Waals surface area contributed by atoms with Crippen molar-refractivity contribution in [2.24, 2.45) is 0 Å². The van der Waals surface area contributed by atoms with Crippen molar-refractivity contribution in [3.05, 3.63) is 17.3 Å². The predicted octanol–water partition coefficient (Wildman–Crippen LogP) is 2.31. The fourth-order valence-electron chi connectivity index (χ4n) is 1.49. The van der Waals surface area contributed by atoms with Gasteiger partial charge in [0.2, 0.25) is 0 Å². The zero-order valence-corrected chi connectivity index (χ0v) is 10.3. The van der Waals surface area contributed by atoms with Gasteiger partial charge in [-0.15, -0.1) is 11.3 Å². The molecule has 0 bridgehead atoms. The normalized spacial score (nSPS) is 10.9.